The van der Waals surface area contributed by atoms with Gasteiger partial charge in [-0.3, -0.25) is 0 Å². The first kappa shape index (κ1) is 16.1. The fourth-order valence-electron chi connectivity index (χ4n) is 3.04. The third-order valence-corrected chi connectivity index (χ3v) is 4.25. The molecule has 1 aliphatic carbocycles. The van der Waals surface area contributed by atoms with E-state index in [0.717, 1.165) is 12.8 Å². The normalized spacial score (nSPS) is 37.0. The smallest absolute Gasteiger partial charge is 0.169 e. The monoisotopic (exact) mass is 290 g/mol. The molecule has 4 N–H and O–H groups in total. The number of aliphatic hydroxyl groups is 4. The van der Waals surface area contributed by atoms with E-state index < -0.39 is 41.9 Å². The molecular formula is C14H26O6. The standard InChI is InChI=1S/C14H26O6/c1-8(15)10-9(16)11(12(17)13(2,3)18)20-14(19-10)6-4-5-7-14/h8-12,15-18H,4-7H2,1-3H3/t8-,9-,10+,11+,12+/m0/s1. The zero-order chi connectivity index (χ0) is 15.1. The Hall–Kier alpha value is -0.240. The van der Waals surface area contributed by atoms with Gasteiger partial charge in [-0.1, -0.05) is 0 Å². The fraction of sp³-hybridized carbons (Fsp3) is 1.00. The van der Waals surface area contributed by atoms with Crippen LogP contribution in [0.15, 0.2) is 0 Å². The molecule has 0 aromatic rings. The average Bonchev–Trinajstić information content (AvgIpc) is 2.78. The molecule has 0 unspecified atom stereocenters. The minimum atomic E-state index is -1.41. The van der Waals surface area contributed by atoms with Gasteiger partial charge in [0.1, 0.15) is 24.4 Å². The minimum absolute atomic E-state index is 0.665. The van der Waals surface area contributed by atoms with E-state index in [-0.39, 0.29) is 0 Å². The van der Waals surface area contributed by atoms with Gasteiger partial charge in [-0.2, -0.15) is 0 Å². The van der Waals surface area contributed by atoms with E-state index in [9.17, 15) is 20.4 Å². The largest absolute Gasteiger partial charge is 0.391 e. The Morgan fingerprint density at radius 1 is 1.10 bits per heavy atom. The molecule has 2 aliphatic rings. The molecule has 1 heterocycles. The number of ether oxygens (including phenoxy) is 2. The summed E-state index contributed by atoms with van der Waals surface area (Å²) >= 11 is 0. The van der Waals surface area contributed by atoms with E-state index in [1.165, 1.54) is 20.8 Å². The summed E-state index contributed by atoms with van der Waals surface area (Å²) in [5.41, 5.74) is -1.41. The van der Waals surface area contributed by atoms with E-state index in [1.807, 2.05) is 0 Å². The van der Waals surface area contributed by atoms with E-state index in [2.05, 4.69) is 0 Å². The van der Waals surface area contributed by atoms with Gasteiger partial charge < -0.3 is 29.9 Å². The fourth-order valence-corrected chi connectivity index (χ4v) is 3.04. The average molecular weight is 290 g/mol. The van der Waals surface area contributed by atoms with Crippen LogP contribution in [0.2, 0.25) is 0 Å². The Balaban J connectivity index is 2.25. The van der Waals surface area contributed by atoms with Crippen LogP contribution < -0.4 is 0 Å². The molecule has 0 aromatic carbocycles. The molecule has 1 spiro atoms. The van der Waals surface area contributed by atoms with Crippen LogP contribution in [0.1, 0.15) is 46.5 Å². The SMILES string of the molecule is C[C@H](O)[C@H]1OC2(CCCC2)O[C@@H]([C@@H](O)C(C)(C)O)[C@H]1O. The van der Waals surface area contributed by atoms with Crippen molar-refractivity contribution in [2.75, 3.05) is 0 Å². The highest BCUT2D eigenvalue weighted by Gasteiger charge is 2.54. The molecule has 2 rings (SSSR count). The van der Waals surface area contributed by atoms with Crippen molar-refractivity contribution < 1.29 is 29.9 Å². The van der Waals surface area contributed by atoms with Crippen LogP contribution in [0.5, 0.6) is 0 Å². The molecule has 1 saturated carbocycles. The van der Waals surface area contributed by atoms with Crippen LogP contribution in [-0.4, -0.2) is 62.3 Å². The Labute approximate surface area is 119 Å². The molecule has 0 aromatic heterocycles. The molecule has 1 aliphatic heterocycles. The molecule has 5 atom stereocenters. The highest BCUT2D eigenvalue weighted by molar-refractivity contribution is 4.98. The molecule has 20 heavy (non-hydrogen) atoms. The van der Waals surface area contributed by atoms with Gasteiger partial charge in [-0.15, -0.1) is 0 Å². The first-order valence-electron chi connectivity index (χ1n) is 7.28. The third kappa shape index (κ3) is 3.00. The molecule has 0 amide bonds. The van der Waals surface area contributed by atoms with Crippen molar-refractivity contribution in [2.24, 2.45) is 0 Å². The zero-order valence-corrected chi connectivity index (χ0v) is 12.3. The Morgan fingerprint density at radius 3 is 2.05 bits per heavy atom. The molecule has 6 nitrogen and oxygen atoms in total. The highest BCUT2D eigenvalue weighted by atomic mass is 16.7. The summed E-state index contributed by atoms with van der Waals surface area (Å²) in [4.78, 5) is 0. The van der Waals surface area contributed by atoms with Gasteiger partial charge in [0.05, 0.1) is 11.7 Å². The van der Waals surface area contributed by atoms with E-state index in [1.54, 1.807) is 0 Å². The maximum atomic E-state index is 10.3. The molecule has 6 heteroatoms. The predicted octanol–water partition coefficient (Wildman–Crippen LogP) is -0.0858. The summed E-state index contributed by atoms with van der Waals surface area (Å²) in [5.74, 6) is -0.863. The lowest BCUT2D eigenvalue weighted by molar-refractivity contribution is -0.372. The summed E-state index contributed by atoms with van der Waals surface area (Å²) in [7, 11) is 0. The lowest BCUT2D eigenvalue weighted by Gasteiger charge is -2.49. The number of hydrogen-bond donors (Lipinski definition) is 4. The van der Waals surface area contributed by atoms with Crippen molar-refractivity contribution in [3.63, 3.8) is 0 Å². The zero-order valence-electron chi connectivity index (χ0n) is 12.3. The summed E-state index contributed by atoms with van der Waals surface area (Å²) in [6, 6.07) is 0. The van der Waals surface area contributed by atoms with Crippen molar-refractivity contribution in [1.82, 2.24) is 0 Å². The second-order valence-corrected chi connectivity index (χ2v) is 6.61. The number of hydrogen-bond acceptors (Lipinski definition) is 6. The van der Waals surface area contributed by atoms with Gasteiger partial charge >= 0.3 is 0 Å². The van der Waals surface area contributed by atoms with Crippen molar-refractivity contribution in [3.8, 4) is 0 Å². The van der Waals surface area contributed by atoms with Crippen molar-refractivity contribution >= 4 is 0 Å². The van der Waals surface area contributed by atoms with Gasteiger partial charge in [0.25, 0.3) is 0 Å². The Bertz CT molecular complexity index is 331. The van der Waals surface area contributed by atoms with Crippen LogP contribution in [0.4, 0.5) is 0 Å². The van der Waals surface area contributed by atoms with Crippen LogP contribution in [-0.2, 0) is 9.47 Å². The van der Waals surface area contributed by atoms with Crippen LogP contribution in [0, 0.1) is 0 Å². The minimum Gasteiger partial charge on any atom is -0.391 e. The lowest BCUT2D eigenvalue weighted by Crippen LogP contribution is -2.64. The van der Waals surface area contributed by atoms with Crippen LogP contribution in [0.25, 0.3) is 0 Å². The maximum absolute atomic E-state index is 10.3. The molecule has 118 valence electrons. The molecule has 1 saturated heterocycles. The first-order valence-corrected chi connectivity index (χ1v) is 7.28. The third-order valence-electron chi connectivity index (χ3n) is 4.25. The Morgan fingerprint density at radius 2 is 1.60 bits per heavy atom. The Kier molecular flexibility index (Phi) is 4.45. The van der Waals surface area contributed by atoms with Crippen molar-refractivity contribution in [3.05, 3.63) is 0 Å². The molecule has 0 radical (unpaired) electrons. The quantitative estimate of drug-likeness (QED) is 0.580. The molecule has 0 bridgehead atoms. The maximum Gasteiger partial charge on any atom is 0.169 e. The predicted molar refractivity (Wildman–Crippen MR) is 70.9 cm³/mol. The second-order valence-electron chi connectivity index (χ2n) is 6.61. The second kappa shape index (κ2) is 5.51. The number of aliphatic hydroxyl groups excluding tert-OH is 3. The molecular weight excluding hydrogens is 264 g/mol. The van der Waals surface area contributed by atoms with Gasteiger partial charge in [0.2, 0.25) is 0 Å². The summed E-state index contributed by atoms with van der Waals surface area (Å²) < 4.78 is 11.6. The van der Waals surface area contributed by atoms with Gasteiger partial charge in [-0.25, -0.2) is 0 Å². The van der Waals surface area contributed by atoms with E-state index in [0.29, 0.717) is 12.8 Å². The summed E-state index contributed by atoms with van der Waals surface area (Å²) in [6.07, 6.45) is -1.95. The van der Waals surface area contributed by atoms with Crippen LogP contribution in [0.3, 0.4) is 0 Å². The summed E-state index contributed by atoms with van der Waals surface area (Å²) in [6.45, 7) is 4.46. The van der Waals surface area contributed by atoms with Gasteiger partial charge in [0.15, 0.2) is 5.79 Å². The topological polar surface area (TPSA) is 99.4 Å². The van der Waals surface area contributed by atoms with Crippen LogP contribution >= 0.6 is 0 Å². The van der Waals surface area contributed by atoms with E-state index >= 15 is 0 Å². The number of rotatable bonds is 3. The van der Waals surface area contributed by atoms with Gasteiger partial charge in [0, 0.05) is 12.8 Å². The van der Waals surface area contributed by atoms with Crippen molar-refractivity contribution in [2.45, 2.75) is 88.4 Å². The summed E-state index contributed by atoms with van der Waals surface area (Å²) in [5, 5.41) is 40.3. The van der Waals surface area contributed by atoms with Crippen molar-refractivity contribution in [1.29, 1.82) is 0 Å². The van der Waals surface area contributed by atoms with E-state index in [4.69, 9.17) is 9.47 Å². The highest BCUT2D eigenvalue weighted by Crippen LogP contribution is 2.42. The van der Waals surface area contributed by atoms with Gasteiger partial charge in [-0.05, 0) is 33.6 Å². The molecule has 2 fully saturated rings. The lowest BCUT2D eigenvalue weighted by atomic mass is 9.89. The first-order chi connectivity index (χ1) is 9.16.